The minimum atomic E-state index is -1.13. The average molecular weight is 288 g/mol. The van der Waals surface area contributed by atoms with Gasteiger partial charge in [-0.25, -0.2) is 9.59 Å². The molecule has 1 saturated carbocycles. The van der Waals surface area contributed by atoms with E-state index in [0.717, 1.165) is 0 Å². The SMILES string of the molecule is CC1(C)CC2C(C)(C)C2(OC(=O)c2ccccc2)C(=O)O1. The van der Waals surface area contributed by atoms with E-state index in [4.69, 9.17) is 9.47 Å². The Balaban J connectivity index is 1.88. The normalized spacial score (nSPS) is 31.8. The number of hydrogen-bond donors (Lipinski definition) is 0. The van der Waals surface area contributed by atoms with Crippen molar-refractivity contribution in [2.45, 2.75) is 45.3 Å². The summed E-state index contributed by atoms with van der Waals surface area (Å²) in [6.07, 6.45) is 0.702. The molecule has 2 aliphatic rings. The molecule has 1 saturated heterocycles. The van der Waals surface area contributed by atoms with Crippen LogP contribution in [0.25, 0.3) is 0 Å². The molecule has 2 atom stereocenters. The predicted molar refractivity (Wildman–Crippen MR) is 76.6 cm³/mol. The topological polar surface area (TPSA) is 52.6 Å². The van der Waals surface area contributed by atoms with E-state index in [9.17, 15) is 9.59 Å². The monoisotopic (exact) mass is 288 g/mol. The van der Waals surface area contributed by atoms with Crippen LogP contribution in [-0.4, -0.2) is 23.1 Å². The van der Waals surface area contributed by atoms with Crippen molar-refractivity contribution in [3.63, 3.8) is 0 Å². The summed E-state index contributed by atoms with van der Waals surface area (Å²) in [6.45, 7) is 7.70. The van der Waals surface area contributed by atoms with Crippen molar-refractivity contribution in [1.82, 2.24) is 0 Å². The first kappa shape index (κ1) is 14.1. The molecule has 1 aromatic rings. The highest BCUT2D eigenvalue weighted by atomic mass is 16.6. The van der Waals surface area contributed by atoms with E-state index in [1.54, 1.807) is 24.3 Å². The molecule has 112 valence electrons. The second-order valence-corrected chi connectivity index (χ2v) is 7.12. The molecule has 0 radical (unpaired) electrons. The van der Waals surface area contributed by atoms with Crippen molar-refractivity contribution in [2.24, 2.45) is 11.3 Å². The molecular weight excluding hydrogens is 268 g/mol. The van der Waals surface area contributed by atoms with E-state index in [-0.39, 0.29) is 11.3 Å². The largest absolute Gasteiger partial charge is 0.457 e. The third-order valence-electron chi connectivity index (χ3n) is 4.87. The number of esters is 2. The Morgan fingerprint density at radius 1 is 1.19 bits per heavy atom. The highest BCUT2D eigenvalue weighted by molar-refractivity contribution is 5.95. The van der Waals surface area contributed by atoms with Crippen molar-refractivity contribution in [3.8, 4) is 0 Å². The van der Waals surface area contributed by atoms with Crippen LogP contribution in [0.15, 0.2) is 30.3 Å². The number of hydrogen-bond acceptors (Lipinski definition) is 4. The minimum absolute atomic E-state index is 0.00825. The highest BCUT2D eigenvalue weighted by Gasteiger charge is 2.82. The van der Waals surface area contributed by atoms with Crippen molar-refractivity contribution >= 4 is 11.9 Å². The smallest absolute Gasteiger partial charge is 0.352 e. The van der Waals surface area contributed by atoms with Crippen molar-refractivity contribution in [2.75, 3.05) is 0 Å². The van der Waals surface area contributed by atoms with Gasteiger partial charge in [0.05, 0.1) is 5.56 Å². The molecular formula is C17H20O4. The fourth-order valence-corrected chi connectivity index (χ4v) is 3.52. The average Bonchev–Trinajstić information content (AvgIpc) is 2.86. The third-order valence-corrected chi connectivity index (χ3v) is 4.87. The quantitative estimate of drug-likeness (QED) is 0.785. The van der Waals surface area contributed by atoms with Gasteiger partial charge in [-0.15, -0.1) is 0 Å². The molecule has 1 heterocycles. The summed E-state index contributed by atoms with van der Waals surface area (Å²) < 4.78 is 11.1. The molecule has 3 rings (SSSR count). The lowest BCUT2D eigenvalue weighted by Crippen LogP contribution is -2.45. The van der Waals surface area contributed by atoms with Crippen LogP contribution in [0.1, 0.15) is 44.5 Å². The summed E-state index contributed by atoms with van der Waals surface area (Å²) in [7, 11) is 0. The Bertz CT molecular complexity index is 602. The minimum Gasteiger partial charge on any atom is -0.457 e. The lowest BCUT2D eigenvalue weighted by molar-refractivity contribution is -0.180. The first-order valence-electron chi connectivity index (χ1n) is 7.22. The summed E-state index contributed by atoms with van der Waals surface area (Å²) in [4.78, 5) is 24.8. The summed E-state index contributed by atoms with van der Waals surface area (Å²) in [6, 6.07) is 8.73. The Labute approximate surface area is 124 Å². The van der Waals surface area contributed by atoms with Gasteiger partial charge in [-0.1, -0.05) is 32.0 Å². The second-order valence-electron chi connectivity index (χ2n) is 7.12. The maximum atomic E-state index is 12.5. The van der Waals surface area contributed by atoms with Gasteiger partial charge in [-0.3, -0.25) is 0 Å². The molecule has 0 aromatic heterocycles. The van der Waals surface area contributed by atoms with Crippen molar-refractivity contribution in [3.05, 3.63) is 35.9 Å². The third kappa shape index (κ3) is 1.88. The lowest BCUT2D eigenvalue weighted by Gasteiger charge is -2.33. The van der Waals surface area contributed by atoms with Crippen LogP contribution in [0.3, 0.4) is 0 Å². The summed E-state index contributed by atoms with van der Waals surface area (Å²) in [5, 5.41) is 0. The molecule has 21 heavy (non-hydrogen) atoms. The Kier molecular flexibility index (Phi) is 2.75. The number of fused-ring (bicyclic) bond motifs is 1. The lowest BCUT2D eigenvalue weighted by atomic mass is 9.95. The van der Waals surface area contributed by atoms with Crippen LogP contribution in [0.4, 0.5) is 0 Å². The number of benzene rings is 1. The van der Waals surface area contributed by atoms with Gasteiger partial charge >= 0.3 is 11.9 Å². The molecule has 0 amide bonds. The van der Waals surface area contributed by atoms with E-state index in [1.807, 2.05) is 33.8 Å². The maximum absolute atomic E-state index is 12.5. The van der Waals surface area contributed by atoms with Gasteiger partial charge in [-0.2, -0.15) is 0 Å². The van der Waals surface area contributed by atoms with Gasteiger partial charge in [0.15, 0.2) is 0 Å². The second kappa shape index (κ2) is 4.09. The molecule has 0 spiro atoms. The van der Waals surface area contributed by atoms with Crippen molar-refractivity contribution < 1.29 is 19.1 Å². The molecule has 1 aliphatic carbocycles. The first-order valence-corrected chi connectivity index (χ1v) is 7.22. The molecule has 1 aromatic carbocycles. The summed E-state index contributed by atoms with van der Waals surface area (Å²) in [5.74, 6) is -0.880. The molecule has 0 bridgehead atoms. The standard InChI is InChI=1S/C17H20O4/c1-15(2)10-12-16(3,4)17(12,14(19)21-15)20-13(18)11-8-6-5-7-9-11/h5-9,12H,10H2,1-4H3. The van der Waals surface area contributed by atoms with E-state index in [1.165, 1.54) is 0 Å². The number of carbonyl (C=O) groups excluding carboxylic acids is 2. The van der Waals surface area contributed by atoms with Crippen LogP contribution in [0, 0.1) is 11.3 Å². The van der Waals surface area contributed by atoms with Crippen molar-refractivity contribution in [1.29, 1.82) is 0 Å². The van der Waals surface area contributed by atoms with Gasteiger partial charge < -0.3 is 9.47 Å². The number of carbonyl (C=O) groups is 2. The zero-order valence-electron chi connectivity index (χ0n) is 12.8. The predicted octanol–water partition coefficient (Wildman–Crippen LogP) is 2.96. The van der Waals surface area contributed by atoms with E-state index in [0.29, 0.717) is 12.0 Å². The number of cyclic esters (lactones) is 1. The highest BCUT2D eigenvalue weighted by Crippen LogP contribution is 2.69. The first-order chi connectivity index (χ1) is 9.71. The molecule has 1 aliphatic heterocycles. The van der Waals surface area contributed by atoms with E-state index in [2.05, 4.69) is 0 Å². The van der Waals surface area contributed by atoms with Crippen LogP contribution in [0.2, 0.25) is 0 Å². The molecule has 2 unspecified atom stereocenters. The Morgan fingerprint density at radius 3 is 2.38 bits per heavy atom. The van der Waals surface area contributed by atoms with Gasteiger partial charge in [-0.05, 0) is 32.4 Å². The molecule has 2 fully saturated rings. The maximum Gasteiger partial charge on any atom is 0.352 e. The van der Waals surface area contributed by atoms with Crippen LogP contribution < -0.4 is 0 Å². The number of rotatable bonds is 2. The fraction of sp³-hybridized carbons (Fsp3) is 0.529. The van der Waals surface area contributed by atoms with Gasteiger partial charge in [0.1, 0.15) is 5.60 Å². The Hall–Kier alpha value is -1.84. The summed E-state index contributed by atoms with van der Waals surface area (Å²) >= 11 is 0. The zero-order chi connectivity index (χ0) is 15.5. The van der Waals surface area contributed by atoms with Gasteiger partial charge in [0.2, 0.25) is 5.60 Å². The van der Waals surface area contributed by atoms with E-state index < -0.39 is 23.1 Å². The van der Waals surface area contributed by atoms with Crippen LogP contribution in [-0.2, 0) is 14.3 Å². The zero-order valence-corrected chi connectivity index (χ0v) is 12.8. The van der Waals surface area contributed by atoms with Crippen LogP contribution in [0.5, 0.6) is 0 Å². The van der Waals surface area contributed by atoms with E-state index >= 15 is 0 Å². The van der Waals surface area contributed by atoms with Gasteiger partial charge in [0.25, 0.3) is 0 Å². The fourth-order valence-electron chi connectivity index (χ4n) is 3.52. The van der Waals surface area contributed by atoms with Crippen LogP contribution >= 0.6 is 0 Å². The Morgan fingerprint density at radius 2 is 1.81 bits per heavy atom. The van der Waals surface area contributed by atoms with Gasteiger partial charge in [0, 0.05) is 11.3 Å². The number of ether oxygens (including phenoxy) is 2. The molecule has 4 heteroatoms. The molecule has 4 nitrogen and oxygen atoms in total. The molecule has 0 N–H and O–H groups in total. The summed E-state index contributed by atoms with van der Waals surface area (Å²) in [5.41, 5.74) is -1.57.